The van der Waals surface area contributed by atoms with Crippen molar-refractivity contribution in [2.24, 2.45) is 0 Å². The average Bonchev–Trinajstić information content (AvgIpc) is 2.81. The van der Waals surface area contributed by atoms with E-state index in [1.54, 1.807) is 12.3 Å². The van der Waals surface area contributed by atoms with Crippen LogP contribution in [0.15, 0.2) is 12.3 Å². The number of esters is 1. The van der Waals surface area contributed by atoms with Crippen LogP contribution in [0.3, 0.4) is 0 Å². The molecule has 1 rings (SSSR count). The Morgan fingerprint density at radius 1 is 1.65 bits per heavy atom. The van der Waals surface area contributed by atoms with Crippen molar-refractivity contribution in [2.75, 3.05) is 13.7 Å². The fourth-order valence-corrected chi connectivity index (χ4v) is 1.56. The molecular weight excluding hydrogens is 220 g/mol. The summed E-state index contributed by atoms with van der Waals surface area (Å²) in [6.45, 7) is 2.99. The minimum absolute atomic E-state index is 0.225. The minimum atomic E-state index is -0.357. The molecule has 5 heteroatoms. The first-order chi connectivity index (χ1) is 8.17. The second kappa shape index (κ2) is 7.09. The number of aliphatic hydroxyl groups is 1. The van der Waals surface area contributed by atoms with Gasteiger partial charge in [-0.2, -0.15) is 0 Å². The predicted octanol–water partition coefficient (Wildman–Crippen LogP) is 1.05. The first-order valence-corrected chi connectivity index (χ1v) is 5.77. The van der Waals surface area contributed by atoms with Crippen LogP contribution in [0.2, 0.25) is 0 Å². The quantitative estimate of drug-likeness (QED) is 0.623. The van der Waals surface area contributed by atoms with Gasteiger partial charge in [-0.05, 0) is 31.4 Å². The zero-order chi connectivity index (χ0) is 12.7. The number of H-pyrrole nitrogens is 1. The van der Waals surface area contributed by atoms with Gasteiger partial charge < -0.3 is 20.1 Å². The molecule has 0 aliphatic heterocycles. The third kappa shape index (κ3) is 4.58. The number of rotatable bonds is 7. The summed E-state index contributed by atoms with van der Waals surface area (Å²) in [6, 6.07) is 2.12. The van der Waals surface area contributed by atoms with E-state index >= 15 is 0 Å². The average molecular weight is 240 g/mol. The van der Waals surface area contributed by atoms with E-state index in [4.69, 9.17) is 5.11 Å². The van der Waals surface area contributed by atoms with Crippen molar-refractivity contribution in [3.63, 3.8) is 0 Å². The second-order valence-electron chi connectivity index (χ2n) is 4.06. The van der Waals surface area contributed by atoms with E-state index in [2.05, 4.69) is 22.0 Å². The molecule has 5 nitrogen and oxygen atoms in total. The Hall–Kier alpha value is -1.33. The van der Waals surface area contributed by atoms with Gasteiger partial charge in [-0.25, -0.2) is 4.79 Å². The number of carbonyl (C=O) groups is 1. The van der Waals surface area contributed by atoms with Gasteiger partial charge in [-0.1, -0.05) is 0 Å². The number of aromatic nitrogens is 1. The Labute approximate surface area is 101 Å². The highest BCUT2D eigenvalue weighted by atomic mass is 16.5. The molecule has 0 amide bonds. The number of methoxy groups -OCH3 is 1. The molecule has 3 N–H and O–H groups in total. The maximum atomic E-state index is 11.2. The molecule has 1 atom stereocenters. The number of nitrogens with one attached hydrogen (secondary N) is 2. The van der Waals surface area contributed by atoms with E-state index < -0.39 is 0 Å². The molecule has 0 bridgehead atoms. The molecule has 0 aliphatic rings. The molecule has 0 saturated carbocycles. The molecule has 0 fully saturated rings. The lowest BCUT2D eigenvalue weighted by molar-refractivity contribution is 0.0595. The highest BCUT2D eigenvalue weighted by Crippen LogP contribution is 2.05. The largest absolute Gasteiger partial charge is 0.464 e. The lowest BCUT2D eigenvalue weighted by atomic mass is 10.2. The maximum absolute atomic E-state index is 11.2. The third-order valence-corrected chi connectivity index (χ3v) is 2.60. The van der Waals surface area contributed by atoms with Gasteiger partial charge in [0.15, 0.2) is 0 Å². The van der Waals surface area contributed by atoms with Gasteiger partial charge in [0.1, 0.15) is 5.69 Å². The molecule has 0 aromatic carbocycles. The van der Waals surface area contributed by atoms with Gasteiger partial charge in [-0.15, -0.1) is 0 Å². The van der Waals surface area contributed by atoms with E-state index in [-0.39, 0.29) is 12.6 Å². The molecule has 17 heavy (non-hydrogen) atoms. The van der Waals surface area contributed by atoms with Gasteiger partial charge in [0.2, 0.25) is 0 Å². The number of hydrogen-bond donors (Lipinski definition) is 3. The zero-order valence-electron chi connectivity index (χ0n) is 10.3. The van der Waals surface area contributed by atoms with E-state index in [1.807, 2.05) is 0 Å². The van der Waals surface area contributed by atoms with Crippen LogP contribution in [0.25, 0.3) is 0 Å². The molecule has 0 radical (unpaired) electrons. The fourth-order valence-electron chi connectivity index (χ4n) is 1.56. The summed E-state index contributed by atoms with van der Waals surface area (Å²) in [5.41, 5.74) is 1.48. The number of hydrogen-bond acceptors (Lipinski definition) is 4. The van der Waals surface area contributed by atoms with Crippen molar-refractivity contribution >= 4 is 5.97 Å². The highest BCUT2D eigenvalue weighted by Gasteiger charge is 2.08. The van der Waals surface area contributed by atoms with Crippen molar-refractivity contribution in [1.82, 2.24) is 10.3 Å². The predicted molar refractivity (Wildman–Crippen MR) is 64.8 cm³/mol. The first kappa shape index (κ1) is 13.7. The molecule has 1 heterocycles. The minimum Gasteiger partial charge on any atom is -0.464 e. The van der Waals surface area contributed by atoms with Crippen LogP contribution in [-0.4, -0.2) is 35.8 Å². The monoisotopic (exact) mass is 240 g/mol. The SMILES string of the molecule is COC(=O)c1cc(CNC(C)CCCO)c[nH]1. The van der Waals surface area contributed by atoms with Crippen molar-refractivity contribution < 1.29 is 14.6 Å². The van der Waals surface area contributed by atoms with E-state index in [0.29, 0.717) is 18.3 Å². The van der Waals surface area contributed by atoms with Crippen molar-refractivity contribution in [1.29, 1.82) is 0 Å². The van der Waals surface area contributed by atoms with E-state index in [9.17, 15) is 4.79 Å². The molecule has 1 unspecified atom stereocenters. The smallest absolute Gasteiger partial charge is 0.354 e. The molecule has 0 saturated heterocycles. The fraction of sp³-hybridized carbons (Fsp3) is 0.583. The molecule has 0 aliphatic carbocycles. The normalized spacial score (nSPS) is 12.4. The van der Waals surface area contributed by atoms with Crippen LogP contribution < -0.4 is 5.32 Å². The van der Waals surface area contributed by atoms with Crippen molar-refractivity contribution in [3.8, 4) is 0 Å². The standard InChI is InChI=1S/C12H20N2O3/c1-9(4-3-5-15)13-7-10-6-11(14-8-10)12(16)17-2/h6,8-9,13-15H,3-5,7H2,1-2H3. The Kier molecular flexibility index (Phi) is 5.72. The Morgan fingerprint density at radius 2 is 2.41 bits per heavy atom. The lowest BCUT2D eigenvalue weighted by Crippen LogP contribution is -2.25. The summed E-state index contributed by atoms with van der Waals surface area (Å²) in [6.07, 6.45) is 3.53. The summed E-state index contributed by atoms with van der Waals surface area (Å²) < 4.78 is 4.61. The van der Waals surface area contributed by atoms with Crippen LogP contribution >= 0.6 is 0 Å². The van der Waals surface area contributed by atoms with Gasteiger partial charge in [-0.3, -0.25) is 0 Å². The number of carbonyl (C=O) groups excluding carboxylic acids is 1. The summed E-state index contributed by atoms with van der Waals surface area (Å²) in [5, 5.41) is 12.0. The van der Waals surface area contributed by atoms with Gasteiger partial charge in [0.05, 0.1) is 7.11 Å². The third-order valence-electron chi connectivity index (χ3n) is 2.60. The summed E-state index contributed by atoms with van der Waals surface area (Å²) in [4.78, 5) is 14.1. The van der Waals surface area contributed by atoms with Crippen LogP contribution in [0.5, 0.6) is 0 Å². The van der Waals surface area contributed by atoms with E-state index in [1.165, 1.54) is 7.11 Å². The van der Waals surface area contributed by atoms with Crippen LogP contribution in [-0.2, 0) is 11.3 Å². The van der Waals surface area contributed by atoms with E-state index in [0.717, 1.165) is 18.4 Å². The second-order valence-corrected chi connectivity index (χ2v) is 4.06. The van der Waals surface area contributed by atoms with Crippen LogP contribution in [0.4, 0.5) is 0 Å². The Balaban J connectivity index is 2.36. The number of ether oxygens (including phenoxy) is 1. The summed E-state index contributed by atoms with van der Waals surface area (Å²) in [5.74, 6) is -0.357. The Bertz CT molecular complexity index is 349. The van der Waals surface area contributed by atoms with Gasteiger partial charge in [0, 0.05) is 25.4 Å². The highest BCUT2D eigenvalue weighted by molar-refractivity contribution is 5.87. The molecular formula is C12H20N2O3. The first-order valence-electron chi connectivity index (χ1n) is 5.77. The van der Waals surface area contributed by atoms with Crippen molar-refractivity contribution in [3.05, 3.63) is 23.5 Å². The van der Waals surface area contributed by atoms with Crippen LogP contribution in [0.1, 0.15) is 35.8 Å². The zero-order valence-corrected chi connectivity index (χ0v) is 10.3. The maximum Gasteiger partial charge on any atom is 0.354 e. The van der Waals surface area contributed by atoms with Gasteiger partial charge in [0.25, 0.3) is 0 Å². The molecule has 96 valence electrons. The summed E-state index contributed by atoms with van der Waals surface area (Å²) >= 11 is 0. The van der Waals surface area contributed by atoms with Crippen molar-refractivity contribution in [2.45, 2.75) is 32.4 Å². The molecule has 1 aromatic rings. The summed E-state index contributed by atoms with van der Waals surface area (Å²) in [7, 11) is 1.36. The number of aliphatic hydroxyl groups excluding tert-OH is 1. The van der Waals surface area contributed by atoms with Crippen LogP contribution in [0, 0.1) is 0 Å². The topological polar surface area (TPSA) is 74.3 Å². The Morgan fingerprint density at radius 3 is 3.06 bits per heavy atom. The molecule has 1 aromatic heterocycles. The van der Waals surface area contributed by atoms with Gasteiger partial charge >= 0.3 is 5.97 Å². The molecule has 0 spiro atoms. The lowest BCUT2D eigenvalue weighted by Gasteiger charge is -2.11. The number of aromatic amines is 1.